The summed E-state index contributed by atoms with van der Waals surface area (Å²) < 4.78 is 1.02. The zero-order valence-electron chi connectivity index (χ0n) is 27.8. The van der Waals surface area contributed by atoms with Gasteiger partial charge in [-0.3, -0.25) is 4.90 Å². The molecule has 0 radical (unpaired) electrons. The van der Waals surface area contributed by atoms with Gasteiger partial charge < -0.3 is 4.90 Å². The lowest BCUT2D eigenvalue weighted by molar-refractivity contribution is 0.589. The molecule has 1 aromatic heterocycles. The molecular formula is C45H36BrN3. The average molecular weight is 699 g/mol. The van der Waals surface area contributed by atoms with E-state index in [4.69, 9.17) is 4.98 Å². The van der Waals surface area contributed by atoms with E-state index < -0.39 is 0 Å². The Labute approximate surface area is 297 Å². The van der Waals surface area contributed by atoms with Gasteiger partial charge in [0.15, 0.2) is 0 Å². The first-order valence-electron chi connectivity index (χ1n) is 16.7. The highest BCUT2D eigenvalue weighted by atomic mass is 79.9. The van der Waals surface area contributed by atoms with Crippen LogP contribution < -0.4 is 9.80 Å². The molecule has 0 unspecified atom stereocenters. The van der Waals surface area contributed by atoms with Gasteiger partial charge in [0.2, 0.25) is 0 Å². The van der Waals surface area contributed by atoms with Crippen molar-refractivity contribution in [3.63, 3.8) is 0 Å². The molecule has 0 fully saturated rings. The normalized spacial score (nSPS) is 12.0. The topological polar surface area (TPSA) is 19.4 Å². The summed E-state index contributed by atoms with van der Waals surface area (Å²) >= 11 is 3.85. The largest absolute Gasteiger partial charge is 0.310 e. The lowest BCUT2D eigenvalue weighted by atomic mass is 9.87. The minimum absolute atomic E-state index is 0.0298. The maximum atomic E-state index is 5.03. The molecule has 0 amide bonds. The van der Waals surface area contributed by atoms with Gasteiger partial charge in [0.1, 0.15) is 5.82 Å². The summed E-state index contributed by atoms with van der Waals surface area (Å²) in [5, 5.41) is 0. The van der Waals surface area contributed by atoms with Crippen molar-refractivity contribution < 1.29 is 0 Å². The van der Waals surface area contributed by atoms with E-state index in [0.717, 1.165) is 49.9 Å². The summed E-state index contributed by atoms with van der Waals surface area (Å²) in [7, 11) is 0. The number of rotatable bonds is 5. The minimum atomic E-state index is -0.0298. The Balaban J connectivity index is 1.40. The van der Waals surface area contributed by atoms with Crippen LogP contribution in [0.4, 0.5) is 34.3 Å². The number of pyridine rings is 1. The van der Waals surface area contributed by atoms with Gasteiger partial charge >= 0.3 is 0 Å². The Hall–Kier alpha value is -5.45. The van der Waals surface area contributed by atoms with Crippen molar-refractivity contribution in [1.29, 1.82) is 0 Å². The summed E-state index contributed by atoms with van der Waals surface area (Å²) in [5.41, 5.74) is 13.6. The van der Waals surface area contributed by atoms with E-state index in [0.29, 0.717) is 0 Å². The number of hydrogen-bond donors (Lipinski definition) is 0. The van der Waals surface area contributed by atoms with E-state index in [1.54, 1.807) is 0 Å². The quantitative estimate of drug-likeness (QED) is 0.178. The Kier molecular flexibility index (Phi) is 7.89. The van der Waals surface area contributed by atoms with Gasteiger partial charge in [0.05, 0.1) is 11.4 Å². The van der Waals surface area contributed by atoms with Gasteiger partial charge in [-0.2, -0.15) is 0 Å². The fourth-order valence-corrected chi connectivity index (χ4v) is 7.31. The molecule has 1 aliphatic heterocycles. The van der Waals surface area contributed by atoms with Crippen LogP contribution in [0.15, 0.2) is 168 Å². The third-order valence-corrected chi connectivity index (χ3v) is 9.69. The highest BCUT2D eigenvalue weighted by Crippen LogP contribution is 2.52. The van der Waals surface area contributed by atoms with Gasteiger partial charge in [-0.25, -0.2) is 4.98 Å². The van der Waals surface area contributed by atoms with E-state index in [1.807, 2.05) is 6.20 Å². The maximum Gasteiger partial charge on any atom is 0.137 e. The third kappa shape index (κ3) is 5.83. The van der Waals surface area contributed by atoms with Gasteiger partial charge in [-0.15, -0.1) is 0 Å². The highest BCUT2D eigenvalue weighted by molar-refractivity contribution is 9.10. The van der Waals surface area contributed by atoms with Crippen LogP contribution in [0.1, 0.15) is 26.3 Å². The van der Waals surface area contributed by atoms with Crippen molar-refractivity contribution in [2.75, 3.05) is 9.80 Å². The molecule has 4 heteroatoms. The average Bonchev–Trinajstić information content (AvgIpc) is 3.24. The predicted octanol–water partition coefficient (Wildman–Crippen LogP) is 13.4. The Morgan fingerprint density at radius 2 is 1.14 bits per heavy atom. The molecule has 3 nitrogen and oxygen atoms in total. The number of anilines is 6. The Morgan fingerprint density at radius 3 is 1.86 bits per heavy atom. The highest BCUT2D eigenvalue weighted by Gasteiger charge is 2.29. The SMILES string of the molecule is CC(C)(C)c1ccnc(N2c3ccccc3-c3ccccc3-c3ccc(N(c4ccccc4)c4cc(Br)cc(-c5ccccc5)c4)cc32)c1. The summed E-state index contributed by atoms with van der Waals surface area (Å²) in [6, 6.07) is 56.5. The van der Waals surface area contributed by atoms with Crippen LogP contribution >= 0.6 is 15.9 Å². The number of nitrogens with zero attached hydrogens (tertiary/aromatic N) is 3. The molecule has 0 saturated heterocycles. The van der Waals surface area contributed by atoms with Crippen molar-refractivity contribution in [2.24, 2.45) is 0 Å². The summed E-state index contributed by atoms with van der Waals surface area (Å²) in [4.78, 5) is 9.73. The number of benzene rings is 6. The molecule has 49 heavy (non-hydrogen) atoms. The zero-order chi connectivity index (χ0) is 33.5. The molecule has 0 spiro atoms. The molecule has 6 aromatic carbocycles. The molecule has 8 rings (SSSR count). The maximum absolute atomic E-state index is 5.03. The first-order chi connectivity index (χ1) is 23.8. The standard InChI is InChI=1S/C45H36BrN3/c1-45(2,3)33-24-25-47-44(28-33)49-42-21-13-12-20-40(42)38-18-10-11-19-39(38)41-23-22-36(30-43(41)49)48(35-16-8-5-9-17-35)37-27-32(26-34(46)29-37)31-14-6-4-7-15-31/h4-30H,1-3H3. The first kappa shape index (κ1) is 30.9. The summed E-state index contributed by atoms with van der Waals surface area (Å²) in [6.45, 7) is 6.76. The lowest BCUT2D eigenvalue weighted by Gasteiger charge is -2.31. The number of para-hydroxylation sites is 2. The smallest absolute Gasteiger partial charge is 0.137 e. The van der Waals surface area contributed by atoms with Gasteiger partial charge in [0.25, 0.3) is 0 Å². The number of fused-ring (bicyclic) bond motifs is 5. The number of hydrogen-bond acceptors (Lipinski definition) is 3. The second-order valence-corrected chi connectivity index (χ2v) is 14.4. The van der Waals surface area contributed by atoms with Crippen LogP contribution in [0.25, 0.3) is 33.4 Å². The summed E-state index contributed by atoms with van der Waals surface area (Å²) in [5.74, 6) is 0.895. The molecule has 0 bridgehead atoms. The predicted molar refractivity (Wildman–Crippen MR) is 210 cm³/mol. The second-order valence-electron chi connectivity index (χ2n) is 13.5. The molecule has 0 aliphatic carbocycles. The van der Waals surface area contributed by atoms with Crippen molar-refractivity contribution in [2.45, 2.75) is 26.2 Å². The monoisotopic (exact) mass is 697 g/mol. The Morgan fingerprint density at radius 1 is 0.510 bits per heavy atom. The van der Waals surface area contributed by atoms with Crippen LogP contribution in [-0.4, -0.2) is 4.98 Å². The van der Waals surface area contributed by atoms with Gasteiger partial charge in [-0.05, 0) is 93.9 Å². The second kappa shape index (κ2) is 12.5. The van der Waals surface area contributed by atoms with Gasteiger partial charge in [-0.1, -0.05) is 134 Å². The molecule has 2 heterocycles. The van der Waals surface area contributed by atoms with Gasteiger partial charge in [0, 0.05) is 38.9 Å². The van der Waals surface area contributed by atoms with E-state index in [9.17, 15) is 0 Å². The van der Waals surface area contributed by atoms with E-state index in [1.165, 1.54) is 27.8 Å². The third-order valence-electron chi connectivity index (χ3n) is 9.24. The number of halogens is 1. The van der Waals surface area contributed by atoms with Crippen molar-refractivity contribution >= 4 is 50.2 Å². The fraction of sp³-hybridized carbons (Fsp3) is 0.0889. The molecule has 7 aromatic rings. The van der Waals surface area contributed by atoms with Crippen LogP contribution in [-0.2, 0) is 5.41 Å². The van der Waals surface area contributed by atoms with E-state index in [2.05, 4.69) is 204 Å². The van der Waals surface area contributed by atoms with E-state index in [-0.39, 0.29) is 5.41 Å². The minimum Gasteiger partial charge on any atom is -0.310 e. The van der Waals surface area contributed by atoms with Crippen LogP contribution in [0.2, 0.25) is 0 Å². The molecular weight excluding hydrogens is 662 g/mol. The van der Waals surface area contributed by atoms with Crippen LogP contribution in [0, 0.1) is 0 Å². The van der Waals surface area contributed by atoms with Crippen molar-refractivity contribution in [3.8, 4) is 33.4 Å². The van der Waals surface area contributed by atoms with E-state index >= 15 is 0 Å². The van der Waals surface area contributed by atoms with Crippen LogP contribution in [0.3, 0.4) is 0 Å². The summed E-state index contributed by atoms with van der Waals surface area (Å²) in [6.07, 6.45) is 1.95. The lowest BCUT2D eigenvalue weighted by Crippen LogP contribution is -2.17. The molecule has 0 saturated carbocycles. The number of aromatic nitrogens is 1. The van der Waals surface area contributed by atoms with Crippen LogP contribution in [0.5, 0.6) is 0 Å². The van der Waals surface area contributed by atoms with Crippen molar-refractivity contribution in [1.82, 2.24) is 4.98 Å². The first-order valence-corrected chi connectivity index (χ1v) is 17.5. The zero-order valence-corrected chi connectivity index (χ0v) is 29.4. The molecule has 1 aliphatic rings. The Bertz CT molecular complexity index is 2290. The van der Waals surface area contributed by atoms with Crippen molar-refractivity contribution in [3.05, 3.63) is 174 Å². The molecule has 0 N–H and O–H groups in total. The molecule has 0 atom stereocenters. The molecule has 238 valence electrons. The fourth-order valence-electron chi connectivity index (χ4n) is 6.83.